The molecule has 1 saturated heterocycles. The Morgan fingerprint density at radius 2 is 2.13 bits per heavy atom. The maximum atomic E-state index is 13.3. The third-order valence-electron chi connectivity index (χ3n) is 7.07. The average molecular weight is 679 g/mol. The highest BCUT2D eigenvalue weighted by molar-refractivity contribution is 8.00. The number of aliphatic carboxylic acids is 2. The number of thioether (sulfide) groups is 1. The van der Waals surface area contributed by atoms with Gasteiger partial charge in [0, 0.05) is 17.9 Å². The molecule has 0 unspecified atom stereocenters. The Morgan fingerprint density at radius 1 is 1.36 bits per heavy atom. The van der Waals surface area contributed by atoms with Crippen molar-refractivity contribution in [3.63, 3.8) is 0 Å². The Hall–Kier alpha value is -4.26. The van der Waals surface area contributed by atoms with Crippen molar-refractivity contribution < 1.29 is 38.8 Å². The van der Waals surface area contributed by atoms with Gasteiger partial charge < -0.3 is 36.0 Å². The fraction of sp³-hybridized carbons (Fsp3) is 0.385. The van der Waals surface area contributed by atoms with E-state index in [1.807, 2.05) is 34.5 Å². The van der Waals surface area contributed by atoms with Gasteiger partial charge in [-0.15, -0.1) is 11.8 Å². The molecule has 2 aliphatic heterocycles. The number of β-lactam (4-membered cyclic amide) rings is 1. The molecule has 5 heterocycles. The molecule has 5 rings (SSSR count). The van der Waals surface area contributed by atoms with Crippen molar-refractivity contribution in [3.05, 3.63) is 46.0 Å². The number of carbonyl (C=O) groups is 4. The summed E-state index contributed by atoms with van der Waals surface area (Å²) < 4.78 is 3.88. The number of aryl methyl sites for hydroxylation is 1. The standard InChI is InChI=1S/C26H28ClN9O7S2/c1-12(24(39)40)43-33-16(15-19(27)45-26(28)32-15)21(37)31-17-22(38)36-18(25(41)42)13(10-44-23(17)36)9-34-7-3-5-14-20(34)30-11-35(14)8-4-6-29-2/h3,5,7,11-12,17,23,29H,4,6,8-10H2,1-2H3,(H4-,28,31,32,37,39,40,41,42)/p+1/b33-16+/t12-,17+,23+/m0/s1. The number of amides is 2. The normalized spacial score (nSPS) is 18.9. The second-order valence-electron chi connectivity index (χ2n) is 10.1. The monoisotopic (exact) mass is 678 g/mol. The van der Waals surface area contributed by atoms with Crippen molar-refractivity contribution in [1.29, 1.82) is 0 Å². The molecule has 1 fully saturated rings. The summed E-state index contributed by atoms with van der Waals surface area (Å²) in [5.74, 6) is -3.92. The third kappa shape index (κ3) is 6.44. The number of pyridine rings is 1. The number of nitrogen functional groups attached to an aromatic ring is 1. The molecule has 0 aliphatic carbocycles. The largest absolute Gasteiger partial charge is 0.478 e. The van der Waals surface area contributed by atoms with Gasteiger partial charge in [-0.05, 0) is 44.1 Å². The number of carboxylic acid groups (broad SMARTS) is 2. The molecule has 3 atom stereocenters. The molecule has 0 saturated carbocycles. The van der Waals surface area contributed by atoms with Gasteiger partial charge in [0.1, 0.15) is 39.2 Å². The van der Waals surface area contributed by atoms with Crippen molar-refractivity contribution in [2.45, 2.75) is 44.0 Å². The van der Waals surface area contributed by atoms with Gasteiger partial charge in [-0.2, -0.15) is 0 Å². The molecule has 0 radical (unpaired) electrons. The number of rotatable bonds is 13. The molecule has 3 aromatic heterocycles. The first-order valence-corrected chi connectivity index (χ1v) is 15.8. The van der Waals surface area contributed by atoms with E-state index in [1.54, 1.807) is 6.33 Å². The Bertz CT molecular complexity index is 1740. The maximum Gasteiger partial charge on any atom is 0.352 e. The summed E-state index contributed by atoms with van der Waals surface area (Å²) in [5, 5.41) is 27.9. The maximum absolute atomic E-state index is 13.3. The lowest BCUT2D eigenvalue weighted by atomic mass is 10.0. The van der Waals surface area contributed by atoms with Crippen LogP contribution in [0.2, 0.25) is 4.34 Å². The summed E-state index contributed by atoms with van der Waals surface area (Å²) >= 11 is 8.32. The second-order valence-corrected chi connectivity index (χ2v) is 12.8. The van der Waals surface area contributed by atoms with Gasteiger partial charge in [0.05, 0.1) is 6.20 Å². The molecular weight excluding hydrogens is 650 g/mol. The number of fused-ring (bicyclic) bond motifs is 2. The summed E-state index contributed by atoms with van der Waals surface area (Å²) in [6.45, 7) is 3.00. The fourth-order valence-corrected chi connectivity index (χ4v) is 7.13. The summed E-state index contributed by atoms with van der Waals surface area (Å²) in [6, 6.07) is 2.70. The molecular formula is C26H29ClN9O7S2+. The Morgan fingerprint density at radius 3 is 2.80 bits per heavy atom. The van der Waals surface area contributed by atoms with Gasteiger partial charge >= 0.3 is 17.6 Å². The number of imidazole rings is 1. The van der Waals surface area contributed by atoms with Gasteiger partial charge in [0.2, 0.25) is 12.4 Å². The fourth-order valence-electron chi connectivity index (χ4n) is 4.87. The van der Waals surface area contributed by atoms with Crippen molar-refractivity contribution in [2.75, 3.05) is 25.1 Å². The van der Waals surface area contributed by atoms with E-state index >= 15 is 0 Å². The molecule has 0 spiro atoms. The molecule has 2 aliphatic rings. The number of thiazole rings is 1. The number of carboxylic acids is 2. The number of halogens is 1. The molecule has 2 amide bonds. The molecule has 19 heteroatoms. The summed E-state index contributed by atoms with van der Waals surface area (Å²) in [5.41, 5.74) is 6.99. The molecule has 0 aromatic carbocycles. The molecule has 3 aromatic rings. The lowest BCUT2D eigenvalue weighted by Gasteiger charge is -2.49. The van der Waals surface area contributed by atoms with Crippen LogP contribution in [0.5, 0.6) is 0 Å². The van der Waals surface area contributed by atoms with Crippen LogP contribution in [0.4, 0.5) is 5.13 Å². The SMILES string of the molecule is CNCCCn1cnc2c1ccc[n+]2CC1=C(C(=O)O)N2C(=O)[C@@H](NC(=O)/C(=N/O[C@@H](C)C(=O)O)c3nc(N)sc3Cl)[C@H]2SC1. The second kappa shape index (κ2) is 13.4. The highest BCUT2D eigenvalue weighted by Gasteiger charge is 2.54. The molecule has 6 N–H and O–H groups in total. The van der Waals surface area contributed by atoms with Crippen LogP contribution in [0.25, 0.3) is 11.2 Å². The van der Waals surface area contributed by atoms with Crippen LogP contribution in [0.15, 0.2) is 41.1 Å². The number of carbonyl (C=O) groups excluding carboxylic acids is 2. The van der Waals surface area contributed by atoms with Crippen LogP contribution in [0.3, 0.4) is 0 Å². The highest BCUT2D eigenvalue weighted by atomic mass is 35.5. The Kier molecular flexibility index (Phi) is 9.56. The molecule has 238 valence electrons. The highest BCUT2D eigenvalue weighted by Crippen LogP contribution is 2.40. The minimum Gasteiger partial charge on any atom is -0.478 e. The predicted molar refractivity (Wildman–Crippen MR) is 164 cm³/mol. The number of nitrogens with two attached hydrogens (primary N) is 1. The smallest absolute Gasteiger partial charge is 0.352 e. The van der Waals surface area contributed by atoms with E-state index < -0.39 is 47.0 Å². The Balaban J connectivity index is 1.36. The minimum atomic E-state index is -1.41. The van der Waals surface area contributed by atoms with Gasteiger partial charge in [-0.25, -0.2) is 19.1 Å². The van der Waals surface area contributed by atoms with Crippen molar-refractivity contribution in [1.82, 2.24) is 30.1 Å². The molecule has 45 heavy (non-hydrogen) atoms. The van der Waals surface area contributed by atoms with Gasteiger partial charge in [-0.1, -0.05) is 28.1 Å². The number of hydrogen-bond acceptors (Lipinski definition) is 12. The molecule has 16 nitrogen and oxygen atoms in total. The van der Waals surface area contributed by atoms with Crippen LogP contribution < -0.4 is 20.9 Å². The van der Waals surface area contributed by atoms with Crippen LogP contribution in [-0.4, -0.2) is 96.0 Å². The van der Waals surface area contributed by atoms with E-state index in [4.69, 9.17) is 27.3 Å². The zero-order valence-corrected chi connectivity index (χ0v) is 26.4. The number of nitrogens with zero attached hydrogens (tertiary/aromatic N) is 6. The topological polar surface area (TPSA) is 218 Å². The van der Waals surface area contributed by atoms with Gasteiger partial charge in [0.25, 0.3) is 11.8 Å². The van der Waals surface area contributed by atoms with Crippen LogP contribution >= 0.6 is 34.7 Å². The summed E-state index contributed by atoms with van der Waals surface area (Å²) in [7, 11) is 1.89. The number of anilines is 1. The number of nitrogens with one attached hydrogen (secondary N) is 2. The van der Waals surface area contributed by atoms with Crippen molar-refractivity contribution >= 4 is 80.5 Å². The van der Waals surface area contributed by atoms with Crippen molar-refractivity contribution in [3.8, 4) is 0 Å². The molecule has 0 bridgehead atoms. The van der Waals surface area contributed by atoms with Gasteiger partial charge in [0.15, 0.2) is 10.8 Å². The Labute approximate surface area is 268 Å². The summed E-state index contributed by atoms with van der Waals surface area (Å²) in [4.78, 5) is 64.9. The quantitative estimate of drug-likeness (QED) is 0.0541. The first-order valence-electron chi connectivity index (χ1n) is 13.6. The minimum absolute atomic E-state index is 0.00218. The number of hydrogen-bond donors (Lipinski definition) is 5. The first-order chi connectivity index (χ1) is 21.5. The average Bonchev–Trinajstić information content (AvgIpc) is 3.57. The van der Waals surface area contributed by atoms with E-state index in [2.05, 4.69) is 25.8 Å². The number of aromatic nitrogens is 4. The zero-order valence-electron chi connectivity index (χ0n) is 24.0. The zero-order chi connectivity index (χ0) is 32.4. The van der Waals surface area contributed by atoms with Crippen molar-refractivity contribution in [2.24, 2.45) is 5.16 Å². The lowest BCUT2D eigenvalue weighted by Crippen LogP contribution is -2.71. The van der Waals surface area contributed by atoms with Crippen LogP contribution in [0.1, 0.15) is 19.0 Å². The number of oxime groups is 1. The van der Waals surface area contributed by atoms with Gasteiger partial charge in [-0.3, -0.25) is 14.5 Å². The van der Waals surface area contributed by atoms with E-state index in [9.17, 15) is 24.3 Å². The van der Waals surface area contributed by atoms with E-state index in [0.717, 1.165) is 41.3 Å². The first kappa shape index (κ1) is 32.1. The van der Waals surface area contributed by atoms with E-state index in [-0.39, 0.29) is 33.2 Å². The third-order valence-corrected chi connectivity index (χ3v) is 9.49. The van der Waals surface area contributed by atoms with E-state index in [0.29, 0.717) is 11.2 Å². The predicted octanol–water partition coefficient (Wildman–Crippen LogP) is 0.258. The van der Waals surface area contributed by atoms with E-state index in [1.165, 1.54) is 18.7 Å². The van der Waals surface area contributed by atoms with Crippen LogP contribution in [-0.2, 0) is 37.1 Å². The summed E-state index contributed by atoms with van der Waals surface area (Å²) in [6.07, 6.45) is 3.06. The van der Waals surface area contributed by atoms with Crippen LogP contribution in [0, 0.1) is 0 Å². The lowest BCUT2D eigenvalue weighted by molar-refractivity contribution is -0.664.